The monoisotopic (exact) mass is 185 g/mol. The van der Waals surface area contributed by atoms with E-state index in [9.17, 15) is 9.59 Å². The van der Waals surface area contributed by atoms with E-state index in [0.29, 0.717) is 4.91 Å². The Kier molecular flexibility index (Phi) is 2.28. The van der Waals surface area contributed by atoms with Crippen LogP contribution in [0.25, 0.3) is 0 Å². The van der Waals surface area contributed by atoms with Gasteiger partial charge in [-0.25, -0.2) is 0 Å². The molecule has 0 atom stereocenters. The molecule has 12 heavy (non-hydrogen) atoms. The number of hydrogen-bond donors (Lipinski definition) is 1. The zero-order valence-corrected chi connectivity index (χ0v) is 8.12. The predicted molar refractivity (Wildman–Crippen MR) is 48.6 cm³/mol. The summed E-state index contributed by atoms with van der Waals surface area (Å²) in [5.74, 6) is -0.591. The standard InChI is InChI=1S/C8H11NO2S/c1-8(2,3)12-5-4-6(10)9-7(5)11/h4H,1-3H3,(H,9,10,11). The molecule has 0 radical (unpaired) electrons. The molecular formula is C8H11NO2S. The highest BCUT2D eigenvalue weighted by atomic mass is 32.2. The molecule has 1 rings (SSSR count). The van der Waals surface area contributed by atoms with E-state index in [1.165, 1.54) is 17.8 Å². The summed E-state index contributed by atoms with van der Waals surface area (Å²) in [5.41, 5.74) is 0. The van der Waals surface area contributed by atoms with Gasteiger partial charge in [0.25, 0.3) is 11.8 Å². The molecule has 1 heterocycles. The third-order valence-electron chi connectivity index (χ3n) is 1.14. The van der Waals surface area contributed by atoms with Crippen molar-refractivity contribution in [1.29, 1.82) is 0 Å². The molecule has 0 saturated heterocycles. The first-order valence-corrected chi connectivity index (χ1v) is 4.46. The van der Waals surface area contributed by atoms with E-state index in [2.05, 4.69) is 5.32 Å². The van der Waals surface area contributed by atoms with Crippen LogP contribution in [0.3, 0.4) is 0 Å². The number of amides is 2. The second kappa shape index (κ2) is 2.94. The van der Waals surface area contributed by atoms with Gasteiger partial charge in [-0.1, -0.05) is 20.8 Å². The number of imide groups is 1. The molecule has 0 fully saturated rings. The largest absolute Gasteiger partial charge is 0.288 e. The van der Waals surface area contributed by atoms with E-state index in [0.717, 1.165) is 0 Å². The van der Waals surface area contributed by atoms with Gasteiger partial charge in [-0.15, -0.1) is 11.8 Å². The van der Waals surface area contributed by atoms with Gasteiger partial charge >= 0.3 is 0 Å². The molecule has 0 aromatic carbocycles. The summed E-state index contributed by atoms with van der Waals surface area (Å²) in [6.45, 7) is 5.98. The molecule has 2 amide bonds. The fourth-order valence-corrected chi connectivity index (χ4v) is 1.77. The van der Waals surface area contributed by atoms with Crippen molar-refractivity contribution in [3.63, 3.8) is 0 Å². The Morgan fingerprint density at radius 1 is 1.33 bits per heavy atom. The first-order valence-electron chi connectivity index (χ1n) is 3.64. The smallest absolute Gasteiger partial charge is 0.264 e. The van der Waals surface area contributed by atoms with Gasteiger partial charge in [0.15, 0.2) is 0 Å². The summed E-state index contributed by atoms with van der Waals surface area (Å²) in [4.78, 5) is 22.3. The van der Waals surface area contributed by atoms with Crippen LogP contribution in [-0.4, -0.2) is 16.6 Å². The molecule has 0 aromatic rings. The Hall–Kier alpha value is -0.770. The highest BCUT2D eigenvalue weighted by Gasteiger charge is 2.25. The van der Waals surface area contributed by atoms with E-state index in [-0.39, 0.29) is 16.6 Å². The summed E-state index contributed by atoms with van der Waals surface area (Å²) in [7, 11) is 0. The van der Waals surface area contributed by atoms with Crippen molar-refractivity contribution in [3.8, 4) is 0 Å². The second-order valence-corrected chi connectivity index (χ2v) is 5.41. The Morgan fingerprint density at radius 2 is 1.92 bits per heavy atom. The molecule has 4 heteroatoms. The fraction of sp³-hybridized carbons (Fsp3) is 0.500. The summed E-state index contributed by atoms with van der Waals surface area (Å²) < 4.78 is -0.0339. The molecule has 0 spiro atoms. The van der Waals surface area contributed by atoms with Gasteiger partial charge in [-0.3, -0.25) is 14.9 Å². The predicted octanol–water partition coefficient (Wildman–Crippen LogP) is 1.06. The molecule has 0 unspecified atom stereocenters. The van der Waals surface area contributed by atoms with E-state index >= 15 is 0 Å². The lowest BCUT2D eigenvalue weighted by atomic mass is 10.3. The van der Waals surface area contributed by atoms with Gasteiger partial charge in [-0.05, 0) is 0 Å². The number of carbonyl (C=O) groups excluding carboxylic acids is 2. The van der Waals surface area contributed by atoms with Crippen molar-refractivity contribution in [2.45, 2.75) is 25.5 Å². The first-order chi connectivity index (χ1) is 5.38. The average molecular weight is 185 g/mol. The number of nitrogens with one attached hydrogen (secondary N) is 1. The van der Waals surface area contributed by atoms with Gasteiger partial charge < -0.3 is 0 Å². The summed E-state index contributed by atoms with van der Waals surface area (Å²) in [5, 5.41) is 2.20. The molecular weight excluding hydrogens is 174 g/mol. The molecule has 0 saturated carbocycles. The molecule has 0 aromatic heterocycles. The number of hydrogen-bond acceptors (Lipinski definition) is 3. The molecule has 66 valence electrons. The zero-order valence-electron chi connectivity index (χ0n) is 7.30. The van der Waals surface area contributed by atoms with Crippen LogP contribution in [0.5, 0.6) is 0 Å². The minimum absolute atomic E-state index is 0.0339. The maximum Gasteiger partial charge on any atom is 0.264 e. The average Bonchev–Trinajstić information content (AvgIpc) is 2.06. The molecule has 3 nitrogen and oxygen atoms in total. The first kappa shape index (κ1) is 9.32. The van der Waals surface area contributed by atoms with Crippen molar-refractivity contribution in [2.75, 3.05) is 0 Å². The van der Waals surface area contributed by atoms with E-state index in [1.54, 1.807) is 0 Å². The third-order valence-corrected chi connectivity index (χ3v) is 2.27. The van der Waals surface area contributed by atoms with E-state index in [4.69, 9.17) is 0 Å². The van der Waals surface area contributed by atoms with Crippen LogP contribution in [0.1, 0.15) is 20.8 Å². The quantitative estimate of drug-likeness (QED) is 0.621. The van der Waals surface area contributed by atoms with Crippen LogP contribution in [-0.2, 0) is 9.59 Å². The lowest BCUT2D eigenvalue weighted by Crippen LogP contribution is -2.22. The van der Waals surface area contributed by atoms with Crippen molar-refractivity contribution < 1.29 is 9.59 Å². The third kappa shape index (κ3) is 2.37. The van der Waals surface area contributed by atoms with Crippen molar-refractivity contribution in [3.05, 3.63) is 11.0 Å². The zero-order chi connectivity index (χ0) is 9.35. The Morgan fingerprint density at radius 3 is 2.25 bits per heavy atom. The SMILES string of the molecule is CC(C)(C)SC1=CC(=O)NC1=O. The number of rotatable bonds is 1. The van der Waals surface area contributed by atoms with Crippen molar-refractivity contribution in [2.24, 2.45) is 0 Å². The topological polar surface area (TPSA) is 46.2 Å². The number of carbonyl (C=O) groups is 2. The van der Waals surface area contributed by atoms with Crippen LogP contribution in [0, 0.1) is 0 Å². The number of thioether (sulfide) groups is 1. The molecule has 1 aliphatic heterocycles. The van der Waals surface area contributed by atoms with Crippen LogP contribution in [0.2, 0.25) is 0 Å². The summed E-state index contributed by atoms with van der Waals surface area (Å²) in [6, 6.07) is 0. The van der Waals surface area contributed by atoms with Crippen LogP contribution >= 0.6 is 11.8 Å². The van der Waals surface area contributed by atoms with Crippen LogP contribution in [0.15, 0.2) is 11.0 Å². The Balaban J connectivity index is 2.71. The van der Waals surface area contributed by atoms with Gasteiger partial charge in [0.2, 0.25) is 0 Å². The summed E-state index contributed by atoms with van der Waals surface area (Å²) in [6.07, 6.45) is 1.35. The maximum absolute atomic E-state index is 11.0. The van der Waals surface area contributed by atoms with Crippen LogP contribution < -0.4 is 5.32 Å². The lowest BCUT2D eigenvalue weighted by Gasteiger charge is -2.16. The Labute approximate surface area is 75.6 Å². The van der Waals surface area contributed by atoms with Crippen molar-refractivity contribution in [1.82, 2.24) is 5.32 Å². The minimum Gasteiger partial charge on any atom is -0.288 e. The molecule has 0 bridgehead atoms. The van der Waals surface area contributed by atoms with Gasteiger partial charge in [0.05, 0.1) is 4.91 Å². The molecule has 1 N–H and O–H groups in total. The fourth-order valence-electron chi connectivity index (χ4n) is 0.800. The highest BCUT2D eigenvalue weighted by molar-refractivity contribution is 8.05. The van der Waals surface area contributed by atoms with E-state index in [1.807, 2.05) is 20.8 Å². The van der Waals surface area contributed by atoms with Crippen LogP contribution in [0.4, 0.5) is 0 Å². The van der Waals surface area contributed by atoms with Gasteiger partial charge in [0, 0.05) is 10.8 Å². The second-order valence-electron chi connectivity index (χ2n) is 3.54. The molecule has 1 aliphatic rings. The summed E-state index contributed by atoms with van der Waals surface area (Å²) >= 11 is 1.40. The van der Waals surface area contributed by atoms with E-state index < -0.39 is 0 Å². The van der Waals surface area contributed by atoms with Gasteiger partial charge in [0.1, 0.15) is 0 Å². The normalized spacial score (nSPS) is 17.8. The van der Waals surface area contributed by atoms with Crippen molar-refractivity contribution >= 4 is 23.6 Å². The maximum atomic E-state index is 11.0. The lowest BCUT2D eigenvalue weighted by molar-refractivity contribution is -0.123. The highest BCUT2D eigenvalue weighted by Crippen LogP contribution is 2.32. The Bertz CT molecular complexity index is 263. The molecule has 0 aliphatic carbocycles. The minimum atomic E-state index is -0.313. The van der Waals surface area contributed by atoms with Gasteiger partial charge in [-0.2, -0.15) is 0 Å².